The van der Waals surface area contributed by atoms with Gasteiger partial charge >= 0.3 is 0 Å². The molecule has 1 saturated heterocycles. The van der Waals surface area contributed by atoms with Gasteiger partial charge in [-0.15, -0.1) is 0 Å². The van der Waals surface area contributed by atoms with Crippen LogP contribution in [0.3, 0.4) is 0 Å². The van der Waals surface area contributed by atoms with Crippen molar-refractivity contribution in [2.75, 3.05) is 39.4 Å². The number of piperazine rings is 1. The van der Waals surface area contributed by atoms with Gasteiger partial charge in [0, 0.05) is 37.8 Å². The van der Waals surface area contributed by atoms with Crippen LogP contribution in [0.1, 0.15) is 10.4 Å². The van der Waals surface area contributed by atoms with Gasteiger partial charge in [-0.1, -0.05) is 18.2 Å². The highest BCUT2D eigenvalue weighted by atomic mass is 32.2. The predicted octanol–water partition coefficient (Wildman–Crippen LogP) is 1.60. The summed E-state index contributed by atoms with van der Waals surface area (Å²) < 4.78 is 38.2. The third kappa shape index (κ3) is 3.50. The summed E-state index contributed by atoms with van der Waals surface area (Å²) in [6.07, 6.45) is 0. The first kappa shape index (κ1) is 17.8. The first-order valence-corrected chi connectivity index (χ1v) is 10.2. The van der Waals surface area contributed by atoms with Crippen molar-refractivity contribution in [3.63, 3.8) is 0 Å². The van der Waals surface area contributed by atoms with Crippen LogP contribution in [0.4, 0.5) is 0 Å². The second-order valence-electron chi connectivity index (χ2n) is 6.37. The Balaban J connectivity index is 1.46. The highest BCUT2D eigenvalue weighted by molar-refractivity contribution is 7.89. The molecule has 1 fully saturated rings. The van der Waals surface area contributed by atoms with Crippen LogP contribution in [0.2, 0.25) is 0 Å². The van der Waals surface area contributed by atoms with E-state index in [1.807, 2.05) is 18.2 Å². The van der Waals surface area contributed by atoms with Crippen LogP contribution in [-0.2, 0) is 10.0 Å². The largest absolute Gasteiger partial charge is 0.486 e. The molecule has 142 valence electrons. The standard InChI is InChI=1S/C19H20N2O5S/c22-19(15-4-2-1-3-5-15)20-8-10-21(11-9-20)27(23,24)16-6-7-17-18(14-16)26-13-12-25-17/h1-7,14H,8-13H2. The molecular formula is C19H20N2O5S. The molecule has 4 rings (SSSR count). The summed E-state index contributed by atoms with van der Waals surface area (Å²) in [4.78, 5) is 14.4. The first-order valence-electron chi connectivity index (χ1n) is 8.80. The summed E-state index contributed by atoms with van der Waals surface area (Å²) in [5, 5.41) is 0. The Morgan fingerprint density at radius 3 is 2.22 bits per heavy atom. The Morgan fingerprint density at radius 2 is 1.52 bits per heavy atom. The molecule has 0 saturated carbocycles. The normalized spacial score (nSPS) is 17.6. The number of amides is 1. The molecule has 0 radical (unpaired) electrons. The zero-order chi connectivity index (χ0) is 18.9. The lowest BCUT2D eigenvalue weighted by Gasteiger charge is -2.34. The second kappa shape index (κ2) is 7.21. The van der Waals surface area contributed by atoms with Crippen LogP contribution >= 0.6 is 0 Å². The average molecular weight is 388 g/mol. The van der Waals surface area contributed by atoms with Gasteiger partial charge in [0.15, 0.2) is 11.5 Å². The van der Waals surface area contributed by atoms with Crippen LogP contribution in [-0.4, -0.2) is 62.9 Å². The van der Waals surface area contributed by atoms with E-state index in [1.54, 1.807) is 23.1 Å². The van der Waals surface area contributed by atoms with Crippen LogP contribution < -0.4 is 9.47 Å². The molecule has 2 aromatic carbocycles. The van der Waals surface area contributed by atoms with Gasteiger partial charge in [0.05, 0.1) is 4.90 Å². The fourth-order valence-electron chi connectivity index (χ4n) is 3.23. The molecule has 0 unspecified atom stereocenters. The zero-order valence-corrected chi connectivity index (χ0v) is 15.5. The Kier molecular flexibility index (Phi) is 4.75. The van der Waals surface area contributed by atoms with E-state index in [2.05, 4.69) is 0 Å². The maximum atomic E-state index is 12.9. The summed E-state index contributed by atoms with van der Waals surface area (Å²) in [5.41, 5.74) is 0.612. The van der Waals surface area contributed by atoms with E-state index in [0.29, 0.717) is 43.4 Å². The fourth-order valence-corrected chi connectivity index (χ4v) is 4.67. The summed E-state index contributed by atoms with van der Waals surface area (Å²) >= 11 is 0. The van der Waals surface area contributed by atoms with Crippen molar-refractivity contribution >= 4 is 15.9 Å². The lowest BCUT2D eigenvalue weighted by atomic mass is 10.2. The monoisotopic (exact) mass is 388 g/mol. The molecule has 0 aliphatic carbocycles. The van der Waals surface area contributed by atoms with Gasteiger partial charge in [0.2, 0.25) is 10.0 Å². The van der Waals surface area contributed by atoms with Gasteiger partial charge in [-0.25, -0.2) is 8.42 Å². The molecule has 0 N–H and O–H groups in total. The highest BCUT2D eigenvalue weighted by Gasteiger charge is 2.31. The van der Waals surface area contributed by atoms with Gasteiger partial charge in [-0.05, 0) is 24.3 Å². The lowest BCUT2D eigenvalue weighted by molar-refractivity contribution is 0.0698. The topological polar surface area (TPSA) is 76.2 Å². The van der Waals surface area contributed by atoms with Gasteiger partial charge in [-0.3, -0.25) is 4.79 Å². The number of sulfonamides is 1. The first-order chi connectivity index (χ1) is 13.1. The van der Waals surface area contributed by atoms with E-state index in [4.69, 9.17) is 9.47 Å². The summed E-state index contributed by atoms with van der Waals surface area (Å²) in [7, 11) is -3.65. The van der Waals surface area contributed by atoms with Crippen molar-refractivity contribution in [3.05, 3.63) is 54.1 Å². The molecule has 27 heavy (non-hydrogen) atoms. The van der Waals surface area contributed by atoms with Gasteiger partial charge in [-0.2, -0.15) is 4.31 Å². The number of hydrogen-bond donors (Lipinski definition) is 0. The van der Waals surface area contributed by atoms with E-state index in [0.717, 1.165) is 0 Å². The van der Waals surface area contributed by atoms with Crippen LogP contribution in [0.15, 0.2) is 53.4 Å². The third-order valence-corrected chi connectivity index (χ3v) is 6.59. The molecule has 2 aliphatic rings. The number of nitrogens with zero attached hydrogens (tertiary/aromatic N) is 2. The van der Waals surface area contributed by atoms with Crippen molar-refractivity contribution in [1.29, 1.82) is 0 Å². The molecule has 1 amide bonds. The number of rotatable bonds is 3. The van der Waals surface area contributed by atoms with E-state index < -0.39 is 10.0 Å². The highest BCUT2D eigenvalue weighted by Crippen LogP contribution is 2.33. The number of carbonyl (C=O) groups excluding carboxylic acids is 1. The van der Waals surface area contributed by atoms with E-state index in [9.17, 15) is 13.2 Å². The SMILES string of the molecule is O=C(c1ccccc1)N1CCN(S(=O)(=O)c2ccc3c(c2)OCCO3)CC1. The molecule has 2 aliphatic heterocycles. The third-order valence-electron chi connectivity index (χ3n) is 4.70. The smallest absolute Gasteiger partial charge is 0.253 e. The molecule has 2 heterocycles. The van der Waals surface area contributed by atoms with Crippen molar-refractivity contribution in [2.24, 2.45) is 0 Å². The van der Waals surface area contributed by atoms with Crippen molar-refractivity contribution < 1.29 is 22.7 Å². The average Bonchev–Trinajstić information content (AvgIpc) is 2.73. The molecule has 0 atom stereocenters. The molecular weight excluding hydrogens is 368 g/mol. The predicted molar refractivity (Wildman–Crippen MR) is 98.5 cm³/mol. The molecule has 8 heteroatoms. The van der Waals surface area contributed by atoms with Crippen molar-refractivity contribution in [3.8, 4) is 11.5 Å². The molecule has 0 aromatic heterocycles. The van der Waals surface area contributed by atoms with E-state index in [1.165, 1.54) is 16.4 Å². The minimum Gasteiger partial charge on any atom is -0.486 e. The Hall–Kier alpha value is -2.58. The van der Waals surface area contributed by atoms with Crippen molar-refractivity contribution in [2.45, 2.75) is 4.90 Å². The Morgan fingerprint density at radius 1 is 0.852 bits per heavy atom. The fraction of sp³-hybridized carbons (Fsp3) is 0.316. The summed E-state index contributed by atoms with van der Waals surface area (Å²) in [5.74, 6) is 0.922. The van der Waals surface area contributed by atoms with Crippen molar-refractivity contribution in [1.82, 2.24) is 9.21 Å². The summed E-state index contributed by atoms with van der Waals surface area (Å²) in [6, 6.07) is 13.7. The molecule has 0 spiro atoms. The second-order valence-corrected chi connectivity index (χ2v) is 8.31. The maximum absolute atomic E-state index is 12.9. The number of carbonyl (C=O) groups is 1. The zero-order valence-electron chi connectivity index (χ0n) is 14.7. The molecule has 0 bridgehead atoms. The van der Waals surface area contributed by atoms with Crippen LogP contribution in [0.25, 0.3) is 0 Å². The van der Waals surface area contributed by atoms with Gasteiger partial charge < -0.3 is 14.4 Å². The van der Waals surface area contributed by atoms with E-state index >= 15 is 0 Å². The molecule has 7 nitrogen and oxygen atoms in total. The minimum atomic E-state index is -3.65. The number of hydrogen-bond acceptors (Lipinski definition) is 5. The number of ether oxygens (including phenoxy) is 2. The van der Waals surface area contributed by atoms with E-state index in [-0.39, 0.29) is 23.9 Å². The Bertz CT molecular complexity index is 938. The number of benzene rings is 2. The number of fused-ring (bicyclic) bond motifs is 1. The summed E-state index contributed by atoms with van der Waals surface area (Å²) in [6.45, 7) is 2.09. The van der Waals surface area contributed by atoms with Crippen LogP contribution in [0, 0.1) is 0 Å². The van der Waals surface area contributed by atoms with Gasteiger partial charge in [0.1, 0.15) is 13.2 Å². The maximum Gasteiger partial charge on any atom is 0.253 e. The Labute approximate surface area is 158 Å². The van der Waals surface area contributed by atoms with Gasteiger partial charge in [0.25, 0.3) is 5.91 Å². The van der Waals surface area contributed by atoms with Crippen LogP contribution in [0.5, 0.6) is 11.5 Å². The minimum absolute atomic E-state index is 0.0769. The quantitative estimate of drug-likeness (QED) is 0.798. The molecule has 2 aromatic rings. The lowest BCUT2D eigenvalue weighted by Crippen LogP contribution is -2.50.